The van der Waals surface area contributed by atoms with Crippen molar-refractivity contribution >= 4 is 5.69 Å². The fraction of sp³-hybridized carbons (Fsp3) is 0.231. The number of hydrogen-bond acceptors (Lipinski definition) is 3. The van der Waals surface area contributed by atoms with E-state index in [9.17, 15) is 4.39 Å². The summed E-state index contributed by atoms with van der Waals surface area (Å²) in [5, 5.41) is 4.36. The first-order chi connectivity index (χ1) is 8.61. The van der Waals surface area contributed by atoms with Crippen LogP contribution in [0.3, 0.4) is 0 Å². The van der Waals surface area contributed by atoms with Gasteiger partial charge < -0.3 is 4.90 Å². The van der Waals surface area contributed by atoms with Gasteiger partial charge in [-0.2, -0.15) is 5.10 Å². The van der Waals surface area contributed by atoms with Gasteiger partial charge in [0.25, 0.3) is 0 Å². The van der Waals surface area contributed by atoms with Gasteiger partial charge in [-0.05, 0) is 6.92 Å². The third kappa shape index (κ3) is 2.40. The van der Waals surface area contributed by atoms with E-state index in [0.29, 0.717) is 5.69 Å². The van der Waals surface area contributed by atoms with Crippen molar-refractivity contribution < 1.29 is 4.39 Å². The average Bonchev–Trinajstić information content (AvgIpc) is 2.72. The van der Waals surface area contributed by atoms with Crippen molar-refractivity contribution in [1.82, 2.24) is 14.8 Å². The Balaban J connectivity index is 2.36. The molecule has 2 rings (SSSR count). The van der Waals surface area contributed by atoms with E-state index in [4.69, 9.17) is 0 Å². The molecule has 2 heterocycles. The molecule has 0 radical (unpaired) electrons. The first-order valence-electron chi connectivity index (χ1n) is 5.61. The largest absolute Gasteiger partial charge is 0.368 e. The second-order valence-corrected chi connectivity index (χ2v) is 4.07. The molecule has 0 unspecified atom stereocenters. The third-order valence-corrected chi connectivity index (χ3v) is 2.64. The molecule has 0 N–H and O–H groups in total. The van der Waals surface area contributed by atoms with E-state index in [2.05, 4.69) is 16.7 Å². The standard InChI is InChI=1S/C13H15FN4/c1-4-5-17(3)13-9-18(16-10(13)2)12-6-11(14)7-15-8-12/h4,6-9H,1,5H2,2-3H3. The van der Waals surface area contributed by atoms with Crippen LogP contribution in [0, 0.1) is 12.7 Å². The summed E-state index contributed by atoms with van der Waals surface area (Å²) in [5.74, 6) is -0.373. The second kappa shape index (κ2) is 5.00. The summed E-state index contributed by atoms with van der Waals surface area (Å²) in [4.78, 5) is 5.84. The van der Waals surface area contributed by atoms with Crippen LogP contribution in [0.1, 0.15) is 5.69 Å². The quantitative estimate of drug-likeness (QED) is 0.776. The van der Waals surface area contributed by atoms with E-state index in [0.717, 1.165) is 17.9 Å². The summed E-state index contributed by atoms with van der Waals surface area (Å²) in [6, 6.07) is 1.40. The first kappa shape index (κ1) is 12.3. The molecule has 5 heteroatoms. The maximum atomic E-state index is 13.1. The van der Waals surface area contributed by atoms with Crippen LogP contribution in [-0.4, -0.2) is 28.4 Å². The minimum Gasteiger partial charge on any atom is -0.368 e. The predicted octanol–water partition coefficient (Wildman–Crippen LogP) is 2.34. The lowest BCUT2D eigenvalue weighted by Crippen LogP contribution is -2.16. The van der Waals surface area contributed by atoms with Gasteiger partial charge in [0.2, 0.25) is 0 Å². The average molecular weight is 246 g/mol. The van der Waals surface area contributed by atoms with E-state index < -0.39 is 0 Å². The lowest BCUT2D eigenvalue weighted by atomic mass is 10.3. The molecule has 0 saturated heterocycles. The Morgan fingerprint density at radius 3 is 2.94 bits per heavy atom. The number of aryl methyl sites for hydroxylation is 1. The summed E-state index contributed by atoms with van der Waals surface area (Å²) in [5.41, 5.74) is 2.47. The molecular formula is C13H15FN4. The zero-order valence-corrected chi connectivity index (χ0v) is 10.5. The number of pyridine rings is 1. The maximum absolute atomic E-state index is 13.1. The molecular weight excluding hydrogens is 231 g/mol. The van der Waals surface area contributed by atoms with Crippen molar-refractivity contribution in [3.8, 4) is 5.69 Å². The van der Waals surface area contributed by atoms with Crippen molar-refractivity contribution in [3.63, 3.8) is 0 Å². The highest BCUT2D eigenvalue weighted by Gasteiger charge is 2.10. The minimum atomic E-state index is -0.373. The van der Waals surface area contributed by atoms with E-state index in [1.165, 1.54) is 12.3 Å². The van der Waals surface area contributed by atoms with Crippen LogP contribution in [0.2, 0.25) is 0 Å². The Morgan fingerprint density at radius 1 is 1.50 bits per heavy atom. The summed E-state index contributed by atoms with van der Waals surface area (Å²) in [7, 11) is 1.96. The molecule has 2 aromatic rings. The van der Waals surface area contributed by atoms with Crippen LogP contribution < -0.4 is 4.90 Å². The molecule has 0 bridgehead atoms. The Bertz CT molecular complexity index is 562. The van der Waals surface area contributed by atoms with Crippen molar-refractivity contribution in [3.05, 3.63) is 48.8 Å². The Morgan fingerprint density at radius 2 is 2.28 bits per heavy atom. The number of nitrogens with zero attached hydrogens (tertiary/aromatic N) is 4. The normalized spacial score (nSPS) is 10.4. The molecule has 2 aromatic heterocycles. The van der Waals surface area contributed by atoms with E-state index in [1.54, 1.807) is 10.9 Å². The minimum absolute atomic E-state index is 0.373. The van der Waals surface area contributed by atoms with Crippen LogP contribution in [-0.2, 0) is 0 Å². The first-order valence-corrected chi connectivity index (χ1v) is 5.61. The molecule has 0 aliphatic heterocycles. The number of halogens is 1. The van der Waals surface area contributed by atoms with Gasteiger partial charge in [0.1, 0.15) is 5.82 Å². The summed E-state index contributed by atoms with van der Waals surface area (Å²) in [6.45, 7) is 6.35. The van der Waals surface area contributed by atoms with E-state index >= 15 is 0 Å². The maximum Gasteiger partial charge on any atom is 0.143 e. The summed E-state index contributed by atoms with van der Waals surface area (Å²) < 4.78 is 14.7. The van der Waals surface area contributed by atoms with Gasteiger partial charge in [0, 0.05) is 19.7 Å². The molecule has 4 nitrogen and oxygen atoms in total. The van der Waals surface area contributed by atoms with E-state index in [1.807, 2.05) is 31.1 Å². The van der Waals surface area contributed by atoms with Gasteiger partial charge in [0.15, 0.2) is 0 Å². The Hall–Kier alpha value is -2.17. The predicted molar refractivity (Wildman–Crippen MR) is 69.5 cm³/mol. The second-order valence-electron chi connectivity index (χ2n) is 4.07. The van der Waals surface area contributed by atoms with Gasteiger partial charge in [-0.1, -0.05) is 6.08 Å². The molecule has 0 atom stereocenters. The Kier molecular flexibility index (Phi) is 3.41. The molecule has 0 amide bonds. The molecule has 0 fully saturated rings. The zero-order valence-electron chi connectivity index (χ0n) is 10.5. The number of likely N-dealkylation sites (N-methyl/N-ethyl adjacent to an activating group) is 1. The lowest BCUT2D eigenvalue weighted by molar-refractivity contribution is 0.618. The van der Waals surface area contributed by atoms with Crippen molar-refractivity contribution in [2.45, 2.75) is 6.92 Å². The van der Waals surface area contributed by atoms with Gasteiger partial charge >= 0.3 is 0 Å². The highest BCUT2D eigenvalue weighted by molar-refractivity contribution is 5.50. The molecule has 0 aromatic carbocycles. The van der Waals surface area contributed by atoms with Crippen LogP contribution in [0.25, 0.3) is 5.69 Å². The summed E-state index contributed by atoms with van der Waals surface area (Å²) >= 11 is 0. The van der Waals surface area contributed by atoms with Gasteiger partial charge in [-0.15, -0.1) is 6.58 Å². The van der Waals surface area contributed by atoms with E-state index in [-0.39, 0.29) is 5.82 Å². The van der Waals surface area contributed by atoms with Crippen LogP contribution in [0.4, 0.5) is 10.1 Å². The number of rotatable bonds is 4. The molecule has 0 spiro atoms. The van der Waals surface area contributed by atoms with Crippen LogP contribution in [0.15, 0.2) is 37.3 Å². The molecule has 0 aliphatic rings. The van der Waals surface area contributed by atoms with Gasteiger partial charge in [-0.3, -0.25) is 4.98 Å². The number of hydrogen-bond donors (Lipinski definition) is 0. The highest BCUT2D eigenvalue weighted by atomic mass is 19.1. The smallest absolute Gasteiger partial charge is 0.143 e. The van der Waals surface area contributed by atoms with Crippen LogP contribution >= 0.6 is 0 Å². The fourth-order valence-corrected chi connectivity index (χ4v) is 1.78. The monoisotopic (exact) mass is 246 g/mol. The Labute approximate surface area is 105 Å². The SMILES string of the molecule is C=CCN(C)c1cn(-c2cncc(F)c2)nc1C. The number of anilines is 1. The molecule has 0 aliphatic carbocycles. The van der Waals surface area contributed by atoms with Gasteiger partial charge in [-0.25, -0.2) is 9.07 Å². The van der Waals surface area contributed by atoms with Gasteiger partial charge in [0.05, 0.1) is 35.7 Å². The molecule has 94 valence electrons. The fourth-order valence-electron chi connectivity index (χ4n) is 1.78. The number of aromatic nitrogens is 3. The topological polar surface area (TPSA) is 34.0 Å². The summed E-state index contributed by atoms with van der Waals surface area (Å²) in [6.07, 6.45) is 6.42. The van der Waals surface area contributed by atoms with Crippen molar-refractivity contribution in [2.75, 3.05) is 18.5 Å². The van der Waals surface area contributed by atoms with Crippen molar-refractivity contribution in [2.24, 2.45) is 0 Å². The molecule has 0 saturated carbocycles. The zero-order chi connectivity index (χ0) is 13.1. The van der Waals surface area contributed by atoms with Crippen LogP contribution in [0.5, 0.6) is 0 Å². The third-order valence-electron chi connectivity index (χ3n) is 2.64. The molecule has 18 heavy (non-hydrogen) atoms. The lowest BCUT2D eigenvalue weighted by Gasteiger charge is -2.14. The van der Waals surface area contributed by atoms with Crippen molar-refractivity contribution in [1.29, 1.82) is 0 Å². The highest BCUT2D eigenvalue weighted by Crippen LogP contribution is 2.19.